The third kappa shape index (κ3) is 3.21. The molecule has 0 N–H and O–H groups in total. The zero-order valence-corrected chi connectivity index (χ0v) is 15.8. The number of nitrogens with zero attached hydrogens (tertiary/aromatic N) is 5. The first-order chi connectivity index (χ1) is 12.6. The van der Waals surface area contributed by atoms with Crippen molar-refractivity contribution in [1.29, 1.82) is 0 Å². The number of rotatable bonds is 4. The molecule has 4 rings (SSSR count). The summed E-state index contributed by atoms with van der Waals surface area (Å²) < 4.78 is 4.95. The summed E-state index contributed by atoms with van der Waals surface area (Å²) in [5.41, 5.74) is 3.47. The van der Waals surface area contributed by atoms with Gasteiger partial charge in [-0.05, 0) is 55.2 Å². The number of pyridine rings is 1. The summed E-state index contributed by atoms with van der Waals surface area (Å²) in [6.07, 6.45) is 1.72. The van der Waals surface area contributed by atoms with Crippen LogP contribution in [0, 0.1) is 13.8 Å². The number of aryl methyl sites for hydroxylation is 2. The quantitative estimate of drug-likeness (QED) is 0.534. The fraction of sp³-hybridized carbons (Fsp3) is 0.167. The molecule has 0 radical (unpaired) electrons. The molecule has 0 aliphatic heterocycles. The van der Waals surface area contributed by atoms with Crippen LogP contribution in [0.2, 0.25) is 0 Å². The molecule has 0 saturated heterocycles. The van der Waals surface area contributed by atoms with Gasteiger partial charge in [0.15, 0.2) is 5.13 Å². The maximum Gasteiger partial charge on any atom is 0.274 e. The Morgan fingerprint density at radius 1 is 1.19 bits per heavy atom. The number of amides is 1. The highest BCUT2D eigenvalue weighted by Crippen LogP contribution is 2.31. The van der Waals surface area contributed by atoms with Crippen LogP contribution in [0.4, 0.5) is 5.13 Å². The van der Waals surface area contributed by atoms with Gasteiger partial charge in [-0.3, -0.25) is 14.7 Å². The molecule has 0 spiro atoms. The fourth-order valence-corrected chi connectivity index (χ4v) is 4.23. The minimum Gasteiger partial charge on any atom is -0.277 e. The normalized spacial score (nSPS) is 11.0. The summed E-state index contributed by atoms with van der Waals surface area (Å²) in [4.78, 5) is 24.4. The SMILES string of the molecule is Cc1ccc2nc(N(Cc3ccccn3)C(=O)c3snnc3C)sc2c1. The van der Waals surface area contributed by atoms with Gasteiger partial charge in [-0.25, -0.2) is 4.98 Å². The summed E-state index contributed by atoms with van der Waals surface area (Å²) in [6.45, 7) is 4.18. The van der Waals surface area contributed by atoms with E-state index in [-0.39, 0.29) is 5.91 Å². The van der Waals surface area contributed by atoms with Gasteiger partial charge in [-0.2, -0.15) is 0 Å². The van der Waals surface area contributed by atoms with Crippen LogP contribution in [0.5, 0.6) is 0 Å². The number of aromatic nitrogens is 4. The van der Waals surface area contributed by atoms with Crippen molar-refractivity contribution in [3.05, 3.63) is 64.4 Å². The van der Waals surface area contributed by atoms with Gasteiger partial charge in [0, 0.05) is 6.20 Å². The summed E-state index contributed by atoms with van der Waals surface area (Å²) >= 11 is 2.60. The van der Waals surface area contributed by atoms with Gasteiger partial charge in [0.05, 0.1) is 28.1 Å². The first-order valence-corrected chi connectivity index (χ1v) is 9.59. The van der Waals surface area contributed by atoms with Crippen LogP contribution in [0.1, 0.15) is 26.6 Å². The van der Waals surface area contributed by atoms with E-state index >= 15 is 0 Å². The van der Waals surface area contributed by atoms with Crippen molar-refractivity contribution in [2.75, 3.05) is 4.90 Å². The van der Waals surface area contributed by atoms with Gasteiger partial charge in [0.25, 0.3) is 5.91 Å². The van der Waals surface area contributed by atoms with Gasteiger partial charge >= 0.3 is 0 Å². The standard InChI is InChI=1S/C18H15N5OS2/c1-11-6-7-14-15(9-11)25-18(20-14)23(10-13-5-3-4-8-19-13)17(24)16-12(2)21-22-26-16/h3-9H,10H2,1-2H3. The molecule has 0 aliphatic rings. The molecule has 0 aliphatic carbocycles. The molecule has 130 valence electrons. The highest BCUT2D eigenvalue weighted by atomic mass is 32.1. The van der Waals surface area contributed by atoms with E-state index in [9.17, 15) is 4.79 Å². The molecule has 4 aromatic rings. The van der Waals surface area contributed by atoms with Crippen LogP contribution in [0.15, 0.2) is 42.6 Å². The highest BCUT2D eigenvalue weighted by molar-refractivity contribution is 7.22. The average Bonchev–Trinajstić information content (AvgIpc) is 3.25. The van der Waals surface area contributed by atoms with Gasteiger partial charge in [-0.15, -0.1) is 5.10 Å². The second kappa shape index (κ2) is 6.89. The minimum absolute atomic E-state index is 0.154. The zero-order chi connectivity index (χ0) is 18.1. The topological polar surface area (TPSA) is 71.9 Å². The molecule has 3 heterocycles. The van der Waals surface area contributed by atoms with Crippen LogP contribution in [0.3, 0.4) is 0 Å². The van der Waals surface area contributed by atoms with E-state index in [1.54, 1.807) is 18.0 Å². The number of benzene rings is 1. The molecule has 8 heteroatoms. The van der Waals surface area contributed by atoms with Crippen molar-refractivity contribution in [3.63, 3.8) is 0 Å². The van der Waals surface area contributed by atoms with E-state index in [0.717, 1.165) is 33.0 Å². The summed E-state index contributed by atoms with van der Waals surface area (Å²) in [5, 5.41) is 4.61. The lowest BCUT2D eigenvalue weighted by Crippen LogP contribution is -2.30. The predicted octanol–water partition coefficient (Wildman–Crippen LogP) is 4.01. The Hall–Kier alpha value is -2.71. The Morgan fingerprint density at radius 3 is 2.81 bits per heavy atom. The van der Waals surface area contributed by atoms with Crippen LogP contribution < -0.4 is 4.90 Å². The van der Waals surface area contributed by atoms with Crippen LogP contribution in [-0.2, 0) is 6.54 Å². The Morgan fingerprint density at radius 2 is 2.08 bits per heavy atom. The van der Waals surface area contributed by atoms with Crippen LogP contribution >= 0.6 is 22.9 Å². The molecular weight excluding hydrogens is 366 g/mol. The first kappa shape index (κ1) is 16.7. The van der Waals surface area contributed by atoms with Crippen LogP contribution in [0.25, 0.3) is 10.2 Å². The summed E-state index contributed by atoms with van der Waals surface area (Å²) in [5.74, 6) is -0.154. The molecule has 26 heavy (non-hydrogen) atoms. The maximum absolute atomic E-state index is 13.2. The molecule has 0 saturated carbocycles. The van der Waals surface area contributed by atoms with Crippen molar-refractivity contribution >= 4 is 44.1 Å². The van der Waals surface area contributed by atoms with E-state index < -0.39 is 0 Å². The third-order valence-electron chi connectivity index (χ3n) is 3.90. The van der Waals surface area contributed by atoms with Crippen molar-refractivity contribution in [1.82, 2.24) is 19.6 Å². The van der Waals surface area contributed by atoms with Crippen molar-refractivity contribution in [2.45, 2.75) is 20.4 Å². The van der Waals surface area contributed by atoms with Crippen LogP contribution in [-0.4, -0.2) is 25.5 Å². The molecular formula is C18H15N5OS2. The second-order valence-electron chi connectivity index (χ2n) is 5.87. The largest absolute Gasteiger partial charge is 0.277 e. The smallest absolute Gasteiger partial charge is 0.274 e. The van der Waals surface area contributed by atoms with Gasteiger partial charge in [0.2, 0.25) is 0 Å². The Labute approximate surface area is 158 Å². The lowest BCUT2D eigenvalue weighted by atomic mass is 10.2. The number of carbonyl (C=O) groups excluding carboxylic acids is 1. The van der Waals surface area contributed by atoms with Crippen molar-refractivity contribution in [3.8, 4) is 0 Å². The predicted molar refractivity (Wildman–Crippen MR) is 104 cm³/mol. The molecule has 0 fully saturated rings. The number of carbonyl (C=O) groups is 1. The Bertz CT molecular complexity index is 1070. The Balaban J connectivity index is 1.78. The lowest BCUT2D eigenvalue weighted by molar-refractivity contribution is 0.0988. The zero-order valence-electron chi connectivity index (χ0n) is 14.2. The molecule has 1 aromatic carbocycles. The number of hydrogen-bond donors (Lipinski definition) is 0. The summed E-state index contributed by atoms with van der Waals surface area (Å²) in [6, 6.07) is 11.7. The molecule has 1 amide bonds. The van der Waals surface area contributed by atoms with Gasteiger partial charge in [-0.1, -0.05) is 28.0 Å². The van der Waals surface area contributed by atoms with E-state index in [1.807, 2.05) is 37.3 Å². The molecule has 0 atom stereocenters. The van der Waals surface area contributed by atoms with E-state index in [2.05, 4.69) is 25.6 Å². The number of thiazole rings is 1. The van der Waals surface area contributed by atoms with Gasteiger partial charge in [0.1, 0.15) is 4.88 Å². The number of anilines is 1. The van der Waals surface area contributed by atoms with Crippen molar-refractivity contribution < 1.29 is 4.79 Å². The highest BCUT2D eigenvalue weighted by Gasteiger charge is 2.25. The van der Waals surface area contributed by atoms with Crippen molar-refractivity contribution in [2.24, 2.45) is 0 Å². The minimum atomic E-state index is -0.154. The van der Waals surface area contributed by atoms with E-state index in [0.29, 0.717) is 22.2 Å². The first-order valence-electron chi connectivity index (χ1n) is 8.00. The lowest BCUT2D eigenvalue weighted by Gasteiger charge is -2.18. The fourth-order valence-electron chi connectivity index (χ4n) is 2.57. The van der Waals surface area contributed by atoms with E-state index in [1.165, 1.54) is 11.3 Å². The molecule has 0 bridgehead atoms. The molecule has 6 nitrogen and oxygen atoms in total. The second-order valence-corrected chi connectivity index (χ2v) is 7.63. The number of hydrogen-bond acceptors (Lipinski definition) is 7. The summed E-state index contributed by atoms with van der Waals surface area (Å²) in [7, 11) is 0. The monoisotopic (exact) mass is 381 g/mol. The average molecular weight is 381 g/mol. The van der Waals surface area contributed by atoms with E-state index in [4.69, 9.17) is 0 Å². The number of fused-ring (bicyclic) bond motifs is 1. The maximum atomic E-state index is 13.2. The molecule has 0 unspecified atom stereocenters. The third-order valence-corrected chi connectivity index (χ3v) is 5.76. The Kier molecular flexibility index (Phi) is 4.44. The molecule has 3 aromatic heterocycles. The van der Waals surface area contributed by atoms with Gasteiger partial charge < -0.3 is 0 Å².